The van der Waals surface area contributed by atoms with E-state index in [1.807, 2.05) is 30.3 Å². The standard InChI is InChI=1S/C17H17N3O/c18-12-17(8-3-9-17)16(21)20-11-7-14-5-1-4-13-6-2-10-19-15(13)14/h1-2,4-6,10H,3,7-9,11H2,(H,20,21). The van der Waals surface area contributed by atoms with Crippen molar-refractivity contribution in [1.29, 1.82) is 5.26 Å². The molecular weight excluding hydrogens is 262 g/mol. The summed E-state index contributed by atoms with van der Waals surface area (Å²) in [6, 6.07) is 12.2. The molecule has 106 valence electrons. The summed E-state index contributed by atoms with van der Waals surface area (Å²) in [5, 5.41) is 13.1. The summed E-state index contributed by atoms with van der Waals surface area (Å²) in [4.78, 5) is 16.5. The molecule has 1 fully saturated rings. The molecule has 4 nitrogen and oxygen atoms in total. The van der Waals surface area contributed by atoms with Gasteiger partial charge >= 0.3 is 0 Å². The molecule has 1 amide bonds. The van der Waals surface area contributed by atoms with Gasteiger partial charge in [-0.15, -0.1) is 0 Å². The predicted octanol–water partition coefficient (Wildman–Crippen LogP) is 2.59. The first-order chi connectivity index (χ1) is 10.2. The Balaban J connectivity index is 1.65. The number of nitrogens with one attached hydrogen (secondary N) is 1. The van der Waals surface area contributed by atoms with Crippen molar-refractivity contribution in [2.24, 2.45) is 5.41 Å². The van der Waals surface area contributed by atoms with Crippen LogP contribution in [-0.2, 0) is 11.2 Å². The zero-order chi connectivity index (χ0) is 14.7. The highest BCUT2D eigenvalue weighted by Gasteiger charge is 2.44. The van der Waals surface area contributed by atoms with Crippen molar-refractivity contribution in [2.75, 3.05) is 6.54 Å². The zero-order valence-electron chi connectivity index (χ0n) is 11.8. The monoisotopic (exact) mass is 279 g/mol. The van der Waals surface area contributed by atoms with Crippen LogP contribution in [0.3, 0.4) is 0 Å². The van der Waals surface area contributed by atoms with Crippen LogP contribution in [0.5, 0.6) is 0 Å². The molecule has 0 atom stereocenters. The molecule has 0 unspecified atom stereocenters. The van der Waals surface area contributed by atoms with E-state index in [1.165, 1.54) is 0 Å². The van der Waals surface area contributed by atoms with Crippen molar-refractivity contribution in [3.05, 3.63) is 42.1 Å². The quantitative estimate of drug-likeness (QED) is 0.935. The van der Waals surface area contributed by atoms with Gasteiger partial charge in [-0.05, 0) is 37.3 Å². The lowest BCUT2D eigenvalue weighted by Gasteiger charge is -2.33. The number of carbonyl (C=O) groups is 1. The van der Waals surface area contributed by atoms with Crippen LogP contribution >= 0.6 is 0 Å². The third kappa shape index (κ3) is 2.47. The lowest BCUT2D eigenvalue weighted by molar-refractivity contribution is -0.131. The second-order valence-electron chi connectivity index (χ2n) is 5.55. The summed E-state index contributed by atoms with van der Waals surface area (Å²) in [6.45, 7) is 0.540. The Hall–Kier alpha value is -2.41. The fourth-order valence-electron chi connectivity index (χ4n) is 2.77. The second kappa shape index (κ2) is 5.53. The van der Waals surface area contributed by atoms with Crippen LogP contribution in [-0.4, -0.2) is 17.4 Å². The van der Waals surface area contributed by atoms with E-state index in [9.17, 15) is 4.79 Å². The van der Waals surface area contributed by atoms with E-state index < -0.39 is 5.41 Å². The second-order valence-corrected chi connectivity index (χ2v) is 5.55. The Kier molecular flexibility index (Phi) is 3.57. The summed E-state index contributed by atoms with van der Waals surface area (Å²) < 4.78 is 0. The number of para-hydroxylation sites is 1. The molecule has 1 aromatic heterocycles. The van der Waals surface area contributed by atoms with Gasteiger partial charge in [-0.2, -0.15) is 5.26 Å². The van der Waals surface area contributed by atoms with Gasteiger partial charge in [0, 0.05) is 18.1 Å². The first kappa shape index (κ1) is 13.6. The van der Waals surface area contributed by atoms with Gasteiger partial charge in [0.25, 0.3) is 0 Å². The van der Waals surface area contributed by atoms with Crippen molar-refractivity contribution < 1.29 is 4.79 Å². The largest absolute Gasteiger partial charge is 0.354 e. The maximum absolute atomic E-state index is 12.1. The molecule has 4 heteroatoms. The highest BCUT2D eigenvalue weighted by molar-refractivity contribution is 5.86. The number of rotatable bonds is 4. The van der Waals surface area contributed by atoms with Crippen molar-refractivity contribution in [3.63, 3.8) is 0 Å². The minimum atomic E-state index is -0.767. The highest BCUT2D eigenvalue weighted by atomic mass is 16.2. The van der Waals surface area contributed by atoms with E-state index in [4.69, 9.17) is 5.26 Å². The summed E-state index contributed by atoms with van der Waals surface area (Å²) in [7, 11) is 0. The van der Waals surface area contributed by atoms with Crippen LogP contribution < -0.4 is 5.32 Å². The molecule has 1 N–H and O–H groups in total. The SMILES string of the molecule is N#CC1(C(=O)NCCc2cccc3cccnc23)CCC1. The van der Waals surface area contributed by atoms with Crippen LogP contribution in [0.4, 0.5) is 0 Å². The average Bonchev–Trinajstić information content (AvgIpc) is 2.47. The van der Waals surface area contributed by atoms with Gasteiger partial charge in [-0.3, -0.25) is 9.78 Å². The van der Waals surface area contributed by atoms with Crippen LogP contribution in [0.15, 0.2) is 36.5 Å². The van der Waals surface area contributed by atoms with E-state index in [0.29, 0.717) is 19.4 Å². The highest BCUT2D eigenvalue weighted by Crippen LogP contribution is 2.40. The minimum Gasteiger partial charge on any atom is -0.354 e. The van der Waals surface area contributed by atoms with Crippen molar-refractivity contribution in [2.45, 2.75) is 25.7 Å². The Bertz CT molecular complexity index is 708. The summed E-state index contributed by atoms with van der Waals surface area (Å²) >= 11 is 0. The van der Waals surface area contributed by atoms with Crippen molar-refractivity contribution in [3.8, 4) is 6.07 Å². The smallest absolute Gasteiger partial charge is 0.240 e. The van der Waals surface area contributed by atoms with Gasteiger partial charge in [0.15, 0.2) is 0 Å². The molecular formula is C17H17N3O. The fraction of sp³-hybridized carbons (Fsp3) is 0.353. The van der Waals surface area contributed by atoms with Gasteiger partial charge in [-0.25, -0.2) is 0 Å². The number of nitriles is 1. The molecule has 1 aliphatic carbocycles. The maximum Gasteiger partial charge on any atom is 0.240 e. The minimum absolute atomic E-state index is 0.121. The van der Waals surface area contributed by atoms with E-state index in [1.54, 1.807) is 6.20 Å². The number of pyridine rings is 1. The molecule has 3 rings (SSSR count). The number of amides is 1. The van der Waals surface area contributed by atoms with E-state index in [0.717, 1.165) is 29.3 Å². The number of nitrogens with zero attached hydrogens (tertiary/aromatic N) is 2. The summed E-state index contributed by atoms with van der Waals surface area (Å²) in [6.07, 6.45) is 4.84. The predicted molar refractivity (Wildman–Crippen MR) is 80.4 cm³/mol. The molecule has 0 bridgehead atoms. The molecule has 0 aliphatic heterocycles. The Morgan fingerprint density at radius 1 is 1.33 bits per heavy atom. The zero-order valence-corrected chi connectivity index (χ0v) is 11.8. The fourth-order valence-corrected chi connectivity index (χ4v) is 2.77. The van der Waals surface area contributed by atoms with Gasteiger partial charge in [0.1, 0.15) is 5.41 Å². The van der Waals surface area contributed by atoms with Crippen molar-refractivity contribution in [1.82, 2.24) is 10.3 Å². The number of carbonyl (C=O) groups excluding carboxylic acids is 1. The Morgan fingerprint density at radius 3 is 2.86 bits per heavy atom. The lowest BCUT2D eigenvalue weighted by atomic mass is 9.69. The Morgan fingerprint density at radius 2 is 2.14 bits per heavy atom. The van der Waals surface area contributed by atoms with Crippen LogP contribution in [0.25, 0.3) is 10.9 Å². The maximum atomic E-state index is 12.1. The number of hydrogen-bond donors (Lipinski definition) is 1. The van der Waals surface area contributed by atoms with Gasteiger partial charge in [0.05, 0.1) is 11.6 Å². The Labute approximate surface area is 123 Å². The topological polar surface area (TPSA) is 65.8 Å². The van der Waals surface area contributed by atoms with Gasteiger partial charge in [-0.1, -0.05) is 24.3 Å². The van der Waals surface area contributed by atoms with Crippen molar-refractivity contribution >= 4 is 16.8 Å². The summed E-state index contributed by atoms with van der Waals surface area (Å²) in [5.41, 5.74) is 1.33. The third-order valence-electron chi connectivity index (χ3n) is 4.25. The third-order valence-corrected chi connectivity index (χ3v) is 4.25. The first-order valence-electron chi connectivity index (χ1n) is 7.27. The molecule has 1 heterocycles. The molecule has 21 heavy (non-hydrogen) atoms. The molecule has 1 aliphatic rings. The van der Waals surface area contributed by atoms with E-state index in [-0.39, 0.29) is 5.91 Å². The lowest BCUT2D eigenvalue weighted by Crippen LogP contribution is -2.45. The number of aromatic nitrogens is 1. The first-order valence-corrected chi connectivity index (χ1v) is 7.27. The molecule has 0 spiro atoms. The number of benzene rings is 1. The summed E-state index contributed by atoms with van der Waals surface area (Å²) in [5.74, 6) is -0.121. The molecule has 0 radical (unpaired) electrons. The van der Waals surface area contributed by atoms with E-state index in [2.05, 4.69) is 16.4 Å². The molecule has 1 saturated carbocycles. The van der Waals surface area contributed by atoms with Crippen LogP contribution in [0.1, 0.15) is 24.8 Å². The molecule has 0 saturated heterocycles. The van der Waals surface area contributed by atoms with E-state index >= 15 is 0 Å². The molecule has 1 aromatic carbocycles. The normalized spacial score (nSPS) is 16.0. The number of hydrogen-bond acceptors (Lipinski definition) is 3. The average molecular weight is 279 g/mol. The van der Waals surface area contributed by atoms with Crippen LogP contribution in [0, 0.1) is 16.7 Å². The number of fused-ring (bicyclic) bond motifs is 1. The van der Waals surface area contributed by atoms with Gasteiger partial charge < -0.3 is 5.32 Å². The van der Waals surface area contributed by atoms with Crippen LogP contribution in [0.2, 0.25) is 0 Å². The van der Waals surface area contributed by atoms with Gasteiger partial charge in [0.2, 0.25) is 5.91 Å². The molecule has 2 aromatic rings.